The number of para-hydroxylation sites is 1. The summed E-state index contributed by atoms with van der Waals surface area (Å²) in [5.41, 5.74) is 2.33. The van der Waals surface area contributed by atoms with Crippen molar-refractivity contribution < 1.29 is 9.53 Å². The molecule has 2 aliphatic rings. The van der Waals surface area contributed by atoms with E-state index in [4.69, 9.17) is 4.74 Å². The maximum atomic E-state index is 12.3. The van der Waals surface area contributed by atoms with Gasteiger partial charge in [0.25, 0.3) is 0 Å². The number of nitrogens with one attached hydrogen (secondary N) is 1. The number of carbonyl (C=O) groups is 1. The molecule has 1 aromatic carbocycles. The largest absolute Gasteiger partial charge is 0.493 e. The van der Waals surface area contributed by atoms with E-state index < -0.39 is 0 Å². The van der Waals surface area contributed by atoms with Crippen LogP contribution in [0.4, 0.5) is 0 Å². The van der Waals surface area contributed by atoms with Crippen LogP contribution >= 0.6 is 0 Å². The number of hydrogen-bond donors (Lipinski definition) is 1. The van der Waals surface area contributed by atoms with Crippen LogP contribution in [0, 0.1) is 5.92 Å². The minimum absolute atomic E-state index is 0.239. The molecule has 96 valence electrons. The SMILES string of the molecule is O=C(Cc1cccc2c1OCC2)C1CCNCC1. The van der Waals surface area contributed by atoms with Gasteiger partial charge in [-0.1, -0.05) is 18.2 Å². The first-order valence-corrected chi connectivity index (χ1v) is 6.81. The van der Waals surface area contributed by atoms with Crippen molar-refractivity contribution in [3.05, 3.63) is 29.3 Å². The molecule has 0 saturated carbocycles. The number of ketones is 1. The Balaban J connectivity index is 1.72. The van der Waals surface area contributed by atoms with Crippen LogP contribution in [0.15, 0.2) is 18.2 Å². The molecule has 0 radical (unpaired) electrons. The molecule has 3 nitrogen and oxygen atoms in total. The van der Waals surface area contributed by atoms with Crippen molar-refractivity contribution in [3.8, 4) is 5.75 Å². The van der Waals surface area contributed by atoms with Crippen LogP contribution in [0.5, 0.6) is 5.75 Å². The summed E-state index contributed by atoms with van der Waals surface area (Å²) in [6, 6.07) is 6.17. The Kier molecular flexibility index (Phi) is 3.33. The molecule has 1 aromatic rings. The summed E-state index contributed by atoms with van der Waals surface area (Å²) in [6.07, 6.45) is 3.47. The summed E-state index contributed by atoms with van der Waals surface area (Å²) in [6.45, 7) is 2.70. The number of hydrogen-bond acceptors (Lipinski definition) is 3. The van der Waals surface area contributed by atoms with E-state index in [1.54, 1.807) is 0 Å². The molecule has 0 unspecified atom stereocenters. The lowest BCUT2D eigenvalue weighted by Gasteiger charge is -2.21. The van der Waals surface area contributed by atoms with Crippen LogP contribution in [-0.2, 0) is 17.6 Å². The summed E-state index contributed by atoms with van der Waals surface area (Å²) in [4.78, 5) is 12.3. The Hall–Kier alpha value is -1.35. The summed E-state index contributed by atoms with van der Waals surface area (Å²) in [5, 5.41) is 3.30. The quantitative estimate of drug-likeness (QED) is 0.881. The highest BCUT2D eigenvalue weighted by Gasteiger charge is 2.23. The third-order valence-electron chi connectivity index (χ3n) is 3.96. The first-order chi connectivity index (χ1) is 8.84. The van der Waals surface area contributed by atoms with Gasteiger partial charge in [-0.3, -0.25) is 4.79 Å². The molecule has 0 atom stereocenters. The van der Waals surface area contributed by atoms with Gasteiger partial charge in [0, 0.05) is 24.3 Å². The van der Waals surface area contributed by atoms with Crippen LogP contribution in [0.1, 0.15) is 24.0 Å². The molecule has 1 N–H and O–H groups in total. The maximum Gasteiger partial charge on any atom is 0.140 e. The Labute approximate surface area is 108 Å². The minimum Gasteiger partial charge on any atom is -0.493 e. The van der Waals surface area contributed by atoms with E-state index in [1.807, 2.05) is 12.1 Å². The third-order valence-corrected chi connectivity index (χ3v) is 3.96. The molecule has 18 heavy (non-hydrogen) atoms. The number of fused-ring (bicyclic) bond motifs is 1. The molecule has 3 rings (SSSR count). The lowest BCUT2D eigenvalue weighted by molar-refractivity contribution is -0.122. The molecule has 2 aliphatic heterocycles. The first kappa shape index (κ1) is 11.7. The fourth-order valence-electron chi connectivity index (χ4n) is 2.90. The van der Waals surface area contributed by atoms with Crippen LogP contribution in [0.3, 0.4) is 0 Å². The molecule has 1 saturated heterocycles. The van der Waals surface area contributed by atoms with Crippen molar-refractivity contribution in [2.75, 3.05) is 19.7 Å². The van der Waals surface area contributed by atoms with Crippen LogP contribution in [0.25, 0.3) is 0 Å². The predicted molar refractivity (Wildman–Crippen MR) is 69.9 cm³/mol. The van der Waals surface area contributed by atoms with Crippen molar-refractivity contribution >= 4 is 5.78 Å². The standard InChI is InChI=1S/C15H19NO2/c17-14(11-4-7-16-8-5-11)10-13-3-1-2-12-6-9-18-15(12)13/h1-3,11,16H,4-10H2. The van der Waals surface area contributed by atoms with E-state index in [2.05, 4.69) is 11.4 Å². The van der Waals surface area contributed by atoms with Gasteiger partial charge in [-0.15, -0.1) is 0 Å². The molecule has 3 heteroatoms. The molecule has 0 aromatic heterocycles. The average Bonchev–Trinajstić information content (AvgIpc) is 2.89. The van der Waals surface area contributed by atoms with Gasteiger partial charge in [-0.05, 0) is 31.5 Å². The topological polar surface area (TPSA) is 38.3 Å². The number of carbonyl (C=O) groups excluding carboxylic acids is 1. The van der Waals surface area contributed by atoms with E-state index in [0.717, 1.165) is 50.3 Å². The Morgan fingerprint density at radius 2 is 2.17 bits per heavy atom. The smallest absolute Gasteiger partial charge is 0.140 e. The van der Waals surface area contributed by atoms with Gasteiger partial charge in [0.05, 0.1) is 6.61 Å². The van der Waals surface area contributed by atoms with Gasteiger partial charge in [0.2, 0.25) is 0 Å². The van der Waals surface area contributed by atoms with Gasteiger partial charge in [-0.25, -0.2) is 0 Å². The predicted octanol–water partition coefficient (Wildman–Crippen LogP) is 1.73. The third kappa shape index (κ3) is 2.27. The summed E-state index contributed by atoms with van der Waals surface area (Å²) < 4.78 is 5.65. The Bertz CT molecular complexity index is 450. The van der Waals surface area contributed by atoms with E-state index in [1.165, 1.54) is 5.56 Å². The van der Waals surface area contributed by atoms with Gasteiger partial charge in [0.15, 0.2) is 0 Å². The maximum absolute atomic E-state index is 12.3. The van der Waals surface area contributed by atoms with Crippen molar-refractivity contribution in [3.63, 3.8) is 0 Å². The summed E-state index contributed by atoms with van der Waals surface area (Å²) in [5.74, 6) is 1.59. The second-order valence-electron chi connectivity index (χ2n) is 5.17. The highest BCUT2D eigenvalue weighted by atomic mass is 16.5. The highest BCUT2D eigenvalue weighted by Crippen LogP contribution is 2.30. The number of ether oxygens (including phenoxy) is 1. The second-order valence-corrected chi connectivity index (χ2v) is 5.17. The number of benzene rings is 1. The van der Waals surface area contributed by atoms with Gasteiger partial charge < -0.3 is 10.1 Å². The zero-order valence-electron chi connectivity index (χ0n) is 10.6. The molecule has 0 amide bonds. The fraction of sp³-hybridized carbons (Fsp3) is 0.533. The average molecular weight is 245 g/mol. The van der Waals surface area contributed by atoms with Crippen LogP contribution < -0.4 is 10.1 Å². The van der Waals surface area contributed by atoms with Gasteiger partial charge in [0.1, 0.15) is 11.5 Å². The summed E-state index contributed by atoms with van der Waals surface area (Å²) in [7, 11) is 0. The lowest BCUT2D eigenvalue weighted by atomic mass is 9.89. The minimum atomic E-state index is 0.239. The number of piperidine rings is 1. The number of rotatable bonds is 3. The van der Waals surface area contributed by atoms with E-state index >= 15 is 0 Å². The van der Waals surface area contributed by atoms with E-state index in [0.29, 0.717) is 12.2 Å². The van der Waals surface area contributed by atoms with Crippen LogP contribution in [0.2, 0.25) is 0 Å². The van der Waals surface area contributed by atoms with Crippen LogP contribution in [-0.4, -0.2) is 25.5 Å². The monoisotopic (exact) mass is 245 g/mol. The van der Waals surface area contributed by atoms with Crippen molar-refractivity contribution in [2.24, 2.45) is 5.92 Å². The zero-order valence-corrected chi connectivity index (χ0v) is 10.6. The summed E-state index contributed by atoms with van der Waals surface area (Å²) >= 11 is 0. The van der Waals surface area contributed by atoms with Crippen molar-refractivity contribution in [2.45, 2.75) is 25.7 Å². The lowest BCUT2D eigenvalue weighted by Crippen LogP contribution is -2.32. The van der Waals surface area contributed by atoms with E-state index in [-0.39, 0.29) is 5.92 Å². The second kappa shape index (κ2) is 5.11. The van der Waals surface area contributed by atoms with Crippen molar-refractivity contribution in [1.82, 2.24) is 5.32 Å². The molecule has 2 heterocycles. The molecule has 1 fully saturated rings. The molecular formula is C15H19NO2. The van der Waals surface area contributed by atoms with Crippen molar-refractivity contribution in [1.29, 1.82) is 0 Å². The zero-order chi connectivity index (χ0) is 12.4. The fourth-order valence-corrected chi connectivity index (χ4v) is 2.90. The number of Topliss-reactive ketones (excluding diaryl/α,β-unsaturated/α-hetero) is 1. The normalized spacial score (nSPS) is 19.3. The Morgan fingerprint density at radius 1 is 1.33 bits per heavy atom. The van der Waals surface area contributed by atoms with Gasteiger partial charge in [-0.2, -0.15) is 0 Å². The first-order valence-electron chi connectivity index (χ1n) is 6.81. The Morgan fingerprint density at radius 3 is 3.00 bits per heavy atom. The van der Waals surface area contributed by atoms with Gasteiger partial charge >= 0.3 is 0 Å². The molecule has 0 aliphatic carbocycles. The highest BCUT2D eigenvalue weighted by molar-refractivity contribution is 5.84. The van der Waals surface area contributed by atoms with E-state index in [9.17, 15) is 4.79 Å². The molecular weight excluding hydrogens is 226 g/mol. The molecule has 0 bridgehead atoms. The molecule has 0 spiro atoms.